The summed E-state index contributed by atoms with van der Waals surface area (Å²) in [5.74, 6) is 1.65. The lowest BCUT2D eigenvalue weighted by molar-refractivity contribution is 0.436. The number of rotatable bonds is 2. The SMILES string of the molecule is CC(C)(C)c1ccc2c(c1)c1cc(C(C)(C)C)ccc1n2-c1ccc2c(c1)C1(c3cc(-n4c5ccc(C(C)(C)C)cc5c5cc(C(C)(C)C)ccc54)ccc3O2)c2cccnc2-c2ncccc21. The van der Waals surface area contributed by atoms with Crippen molar-refractivity contribution in [3.05, 3.63) is 190 Å². The second-order valence-electron chi connectivity index (χ2n) is 23.6. The third-order valence-corrected chi connectivity index (χ3v) is 15.1. The highest BCUT2D eigenvalue weighted by atomic mass is 16.5. The summed E-state index contributed by atoms with van der Waals surface area (Å²) in [6.45, 7) is 27.6. The summed E-state index contributed by atoms with van der Waals surface area (Å²) in [6.07, 6.45) is 3.80. The predicted molar refractivity (Wildman–Crippen MR) is 283 cm³/mol. The molecular formula is C63H60N4O. The molecule has 12 rings (SSSR count). The molecule has 0 saturated carbocycles. The van der Waals surface area contributed by atoms with E-state index in [1.165, 1.54) is 65.9 Å². The van der Waals surface area contributed by atoms with Gasteiger partial charge in [0, 0.05) is 56.4 Å². The van der Waals surface area contributed by atoms with E-state index in [4.69, 9.17) is 14.7 Å². The second kappa shape index (κ2) is 14.0. The van der Waals surface area contributed by atoms with E-state index in [1.54, 1.807) is 0 Å². The molecule has 5 heterocycles. The number of nitrogens with zero attached hydrogens (tertiary/aromatic N) is 4. The number of hydrogen-bond donors (Lipinski definition) is 0. The highest BCUT2D eigenvalue weighted by molar-refractivity contribution is 6.11. The highest BCUT2D eigenvalue weighted by Crippen LogP contribution is 2.62. The van der Waals surface area contributed by atoms with Crippen LogP contribution in [0.1, 0.15) is 128 Å². The molecule has 6 aromatic carbocycles. The zero-order chi connectivity index (χ0) is 47.4. The largest absolute Gasteiger partial charge is 0.457 e. The minimum Gasteiger partial charge on any atom is -0.457 e. The van der Waals surface area contributed by atoms with Crippen LogP contribution in [0.5, 0.6) is 11.5 Å². The first-order chi connectivity index (χ1) is 32.2. The van der Waals surface area contributed by atoms with E-state index < -0.39 is 5.41 Å². The number of hydrogen-bond acceptors (Lipinski definition) is 3. The van der Waals surface area contributed by atoms with Crippen LogP contribution in [0.2, 0.25) is 0 Å². The maximum atomic E-state index is 7.14. The normalized spacial score (nSPS) is 14.4. The van der Waals surface area contributed by atoms with E-state index >= 15 is 0 Å². The lowest BCUT2D eigenvalue weighted by Gasteiger charge is -2.39. The van der Waals surface area contributed by atoms with Crippen molar-refractivity contribution in [3.8, 4) is 34.3 Å². The van der Waals surface area contributed by atoms with Gasteiger partial charge >= 0.3 is 0 Å². The van der Waals surface area contributed by atoms with E-state index in [0.717, 1.165) is 56.5 Å². The van der Waals surface area contributed by atoms with E-state index in [9.17, 15) is 0 Å². The van der Waals surface area contributed by atoms with Crippen LogP contribution in [0.15, 0.2) is 146 Å². The molecule has 0 bridgehead atoms. The van der Waals surface area contributed by atoms with Crippen LogP contribution in [0.4, 0.5) is 0 Å². The predicted octanol–water partition coefficient (Wildman–Crippen LogP) is 16.3. The Balaban J connectivity index is 1.15. The zero-order valence-electron chi connectivity index (χ0n) is 41.6. The van der Waals surface area contributed by atoms with Crippen molar-refractivity contribution in [2.45, 2.75) is 110 Å². The first kappa shape index (κ1) is 42.4. The summed E-state index contributed by atoms with van der Waals surface area (Å²) < 4.78 is 12.1. The van der Waals surface area contributed by atoms with Crippen LogP contribution in [0.25, 0.3) is 66.4 Å². The molecule has 1 aliphatic heterocycles. The highest BCUT2D eigenvalue weighted by Gasteiger charge is 2.53. The van der Waals surface area contributed by atoms with Gasteiger partial charge in [0.1, 0.15) is 11.5 Å². The van der Waals surface area contributed by atoms with Crippen LogP contribution in [0, 0.1) is 0 Å². The second-order valence-corrected chi connectivity index (χ2v) is 23.6. The van der Waals surface area contributed by atoms with Crippen molar-refractivity contribution >= 4 is 43.6 Å². The maximum absolute atomic E-state index is 7.14. The Morgan fingerprint density at radius 3 is 1.00 bits per heavy atom. The van der Waals surface area contributed by atoms with Gasteiger partial charge in [-0.2, -0.15) is 0 Å². The smallest absolute Gasteiger partial charge is 0.132 e. The molecule has 4 aromatic heterocycles. The van der Waals surface area contributed by atoms with Crippen LogP contribution in [-0.2, 0) is 27.1 Å². The van der Waals surface area contributed by atoms with Gasteiger partial charge in [-0.05, 0) is 152 Å². The zero-order valence-corrected chi connectivity index (χ0v) is 41.6. The minimum absolute atomic E-state index is 0.00131. The summed E-state index contributed by atoms with van der Waals surface area (Å²) in [4.78, 5) is 10.2. The van der Waals surface area contributed by atoms with Crippen molar-refractivity contribution in [1.29, 1.82) is 0 Å². The van der Waals surface area contributed by atoms with E-state index in [2.05, 4.69) is 226 Å². The third kappa shape index (κ3) is 6.06. The monoisotopic (exact) mass is 888 g/mol. The standard InChI is InChI=1S/C63H60N4O/c1-59(2,3)37-17-23-51-43(31-37)44-32-38(60(4,5)6)18-24-52(44)66(51)41-21-27-55-49(35-41)63(47-15-13-29-64-57(47)58-48(63)16-14-30-65-58)50-36-42(22-28-56(50)68-55)67-53-25-19-39(61(7,8)9)33-45(53)46-34-40(62(10,11)12)20-26-54(46)67/h13-36H,1-12H3. The van der Waals surface area contributed by atoms with Crippen LogP contribution in [0.3, 0.4) is 0 Å². The third-order valence-electron chi connectivity index (χ3n) is 15.1. The summed E-state index contributed by atoms with van der Waals surface area (Å²) in [5.41, 5.74) is 17.5. The maximum Gasteiger partial charge on any atom is 0.132 e. The Hall–Kier alpha value is -6.98. The topological polar surface area (TPSA) is 44.9 Å². The van der Waals surface area contributed by atoms with Gasteiger partial charge in [0.05, 0.1) is 38.9 Å². The fraction of sp³-hybridized carbons (Fsp3) is 0.270. The molecule has 0 atom stereocenters. The van der Waals surface area contributed by atoms with Crippen molar-refractivity contribution in [2.75, 3.05) is 0 Å². The van der Waals surface area contributed by atoms with Gasteiger partial charge in [-0.25, -0.2) is 0 Å². The van der Waals surface area contributed by atoms with Crippen LogP contribution < -0.4 is 4.74 Å². The number of benzene rings is 6. The molecule has 0 amide bonds. The van der Waals surface area contributed by atoms with E-state index in [0.29, 0.717) is 0 Å². The number of pyridine rings is 2. The summed E-state index contributed by atoms with van der Waals surface area (Å²) in [5, 5.41) is 5.05. The molecule has 0 unspecified atom stereocenters. The molecule has 10 aromatic rings. The first-order valence-corrected chi connectivity index (χ1v) is 24.3. The molecule has 0 radical (unpaired) electrons. The Morgan fingerprint density at radius 1 is 0.368 bits per heavy atom. The van der Waals surface area contributed by atoms with Gasteiger partial charge in [-0.1, -0.05) is 119 Å². The molecule has 0 saturated heterocycles. The molecule has 1 aliphatic carbocycles. The van der Waals surface area contributed by atoms with Gasteiger partial charge < -0.3 is 13.9 Å². The molecule has 0 fully saturated rings. The minimum atomic E-state index is -0.794. The van der Waals surface area contributed by atoms with Gasteiger partial charge in [-0.3, -0.25) is 9.97 Å². The molecule has 0 N–H and O–H groups in total. The van der Waals surface area contributed by atoms with Crippen molar-refractivity contribution in [1.82, 2.24) is 19.1 Å². The Labute approximate surface area is 400 Å². The van der Waals surface area contributed by atoms with E-state index in [-0.39, 0.29) is 21.7 Å². The number of aromatic nitrogens is 4. The van der Waals surface area contributed by atoms with E-state index in [1.807, 2.05) is 12.4 Å². The molecule has 338 valence electrons. The van der Waals surface area contributed by atoms with Gasteiger partial charge in [0.25, 0.3) is 0 Å². The Kier molecular flexibility index (Phi) is 8.75. The van der Waals surface area contributed by atoms with Crippen LogP contribution in [-0.4, -0.2) is 19.1 Å². The lowest BCUT2D eigenvalue weighted by Crippen LogP contribution is -2.32. The van der Waals surface area contributed by atoms with Gasteiger partial charge in [0.15, 0.2) is 0 Å². The molecule has 68 heavy (non-hydrogen) atoms. The number of fused-ring (bicyclic) bond motifs is 15. The van der Waals surface area contributed by atoms with Gasteiger partial charge in [0.2, 0.25) is 0 Å². The van der Waals surface area contributed by atoms with Crippen molar-refractivity contribution in [3.63, 3.8) is 0 Å². The Bertz CT molecular complexity index is 3370. The fourth-order valence-corrected chi connectivity index (χ4v) is 11.3. The molecular weight excluding hydrogens is 829 g/mol. The first-order valence-electron chi connectivity index (χ1n) is 24.3. The van der Waals surface area contributed by atoms with Crippen molar-refractivity contribution < 1.29 is 4.74 Å². The molecule has 5 nitrogen and oxygen atoms in total. The lowest BCUT2D eigenvalue weighted by atomic mass is 9.66. The average Bonchev–Trinajstić information content (AvgIpc) is 3.91. The Morgan fingerprint density at radius 2 is 0.691 bits per heavy atom. The molecule has 2 aliphatic rings. The van der Waals surface area contributed by atoms with Crippen LogP contribution >= 0.6 is 0 Å². The summed E-state index contributed by atoms with van der Waals surface area (Å²) in [6, 6.07) is 50.5. The average molecular weight is 889 g/mol. The fourth-order valence-electron chi connectivity index (χ4n) is 11.3. The van der Waals surface area contributed by atoms with Gasteiger partial charge in [-0.15, -0.1) is 0 Å². The van der Waals surface area contributed by atoms with Crippen molar-refractivity contribution in [2.24, 2.45) is 0 Å². The molecule has 5 heteroatoms. The summed E-state index contributed by atoms with van der Waals surface area (Å²) >= 11 is 0. The molecule has 1 spiro atoms. The number of ether oxygens (including phenoxy) is 1. The quantitative estimate of drug-likeness (QED) is 0.174. The summed E-state index contributed by atoms with van der Waals surface area (Å²) in [7, 11) is 0.